The molecule has 0 amide bonds. The lowest BCUT2D eigenvalue weighted by Crippen LogP contribution is -2.44. The molecule has 4 heteroatoms. The fourth-order valence-corrected chi connectivity index (χ4v) is 3.49. The van der Waals surface area contributed by atoms with E-state index in [2.05, 4.69) is 10.6 Å². The minimum Gasteiger partial charge on any atom is -0.207 e. The van der Waals surface area contributed by atoms with Crippen LogP contribution in [-0.2, 0) is 10.0 Å². The Morgan fingerprint density at radius 1 is 1.26 bits per heavy atom. The Kier molecular flexibility index (Phi) is 4.44. The molecule has 0 heterocycles. The molecule has 0 aliphatic rings. The highest BCUT2D eigenvalue weighted by atomic mass is 32.2. The van der Waals surface area contributed by atoms with E-state index in [4.69, 9.17) is 6.42 Å². The summed E-state index contributed by atoms with van der Waals surface area (Å²) in [6.07, 6.45) is 5.95. The number of hydrogen-bond donors (Lipinski definition) is 1. The van der Waals surface area contributed by atoms with Crippen molar-refractivity contribution >= 4 is 10.0 Å². The molecule has 1 rings (SSSR count). The van der Waals surface area contributed by atoms with Gasteiger partial charge in [0.2, 0.25) is 10.0 Å². The average molecular weight is 279 g/mol. The van der Waals surface area contributed by atoms with Crippen LogP contribution in [0, 0.1) is 33.1 Å². The van der Waals surface area contributed by atoms with Gasteiger partial charge in [-0.1, -0.05) is 18.9 Å². The minimum atomic E-state index is -3.60. The van der Waals surface area contributed by atoms with Gasteiger partial charge < -0.3 is 0 Å². The first-order valence-electron chi connectivity index (χ1n) is 6.25. The highest BCUT2D eigenvalue weighted by Crippen LogP contribution is 2.23. The third kappa shape index (κ3) is 3.17. The van der Waals surface area contributed by atoms with Gasteiger partial charge in [-0.2, -0.15) is 4.72 Å². The van der Waals surface area contributed by atoms with Crippen LogP contribution in [0.4, 0.5) is 0 Å². The first-order chi connectivity index (χ1) is 8.67. The fraction of sp³-hybridized carbons (Fsp3) is 0.467. The molecule has 19 heavy (non-hydrogen) atoms. The Bertz CT molecular complexity index is 626. The molecule has 0 saturated heterocycles. The molecule has 3 nitrogen and oxygen atoms in total. The number of terminal acetylenes is 1. The first-order valence-corrected chi connectivity index (χ1v) is 7.73. The smallest absolute Gasteiger partial charge is 0.207 e. The lowest BCUT2D eigenvalue weighted by molar-refractivity contribution is 0.499. The summed E-state index contributed by atoms with van der Waals surface area (Å²) in [4.78, 5) is 0.297. The van der Waals surface area contributed by atoms with E-state index in [1.807, 2.05) is 33.8 Å². The summed E-state index contributed by atoms with van der Waals surface area (Å²) in [6, 6.07) is 3.45. The second kappa shape index (κ2) is 5.36. The summed E-state index contributed by atoms with van der Waals surface area (Å²) >= 11 is 0. The molecule has 0 unspecified atom stereocenters. The third-order valence-corrected chi connectivity index (χ3v) is 5.42. The molecule has 0 radical (unpaired) electrons. The summed E-state index contributed by atoms with van der Waals surface area (Å²) in [5.74, 6) is 2.51. The van der Waals surface area contributed by atoms with E-state index in [9.17, 15) is 8.42 Å². The molecule has 0 aliphatic carbocycles. The van der Waals surface area contributed by atoms with Gasteiger partial charge in [0.25, 0.3) is 0 Å². The summed E-state index contributed by atoms with van der Waals surface area (Å²) < 4.78 is 27.5. The van der Waals surface area contributed by atoms with Crippen LogP contribution in [0.1, 0.15) is 37.0 Å². The van der Waals surface area contributed by atoms with Gasteiger partial charge >= 0.3 is 0 Å². The SMILES string of the molecule is C#C[C@](C)(CC)NS(=O)(=O)c1ccc(C)c(C)c1C. The summed E-state index contributed by atoms with van der Waals surface area (Å²) in [5, 5.41) is 0. The number of aryl methyl sites for hydroxylation is 1. The lowest BCUT2D eigenvalue weighted by Gasteiger charge is -2.24. The number of rotatable bonds is 4. The van der Waals surface area contributed by atoms with Crippen LogP contribution >= 0.6 is 0 Å². The molecule has 0 spiro atoms. The summed E-state index contributed by atoms with van der Waals surface area (Å²) in [5.41, 5.74) is 1.97. The van der Waals surface area contributed by atoms with Crippen LogP contribution in [0.15, 0.2) is 17.0 Å². The van der Waals surface area contributed by atoms with E-state index < -0.39 is 15.6 Å². The highest BCUT2D eigenvalue weighted by molar-refractivity contribution is 7.89. The fourth-order valence-electron chi connectivity index (χ4n) is 1.78. The van der Waals surface area contributed by atoms with Crippen molar-refractivity contribution in [2.75, 3.05) is 0 Å². The molecule has 0 saturated carbocycles. The van der Waals surface area contributed by atoms with Crippen molar-refractivity contribution in [1.82, 2.24) is 4.72 Å². The normalized spacial score (nSPS) is 14.7. The monoisotopic (exact) mass is 279 g/mol. The zero-order valence-electron chi connectivity index (χ0n) is 12.2. The van der Waals surface area contributed by atoms with Gasteiger partial charge in [0.05, 0.1) is 10.4 Å². The van der Waals surface area contributed by atoms with Crippen LogP contribution < -0.4 is 4.72 Å². The molecule has 1 atom stereocenters. The second-order valence-electron chi connectivity index (χ2n) is 5.07. The summed E-state index contributed by atoms with van der Waals surface area (Å²) in [7, 11) is -3.60. The number of sulfonamides is 1. The van der Waals surface area contributed by atoms with E-state index in [0.29, 0.717) is 11.3 Å². The van der Waals surface area contributed by atoms with Crippen LogP contribution in [0.5, 0.6) is 0 Å². The van der Waals surface area contributed by atoms with Gasteiger partial charge in [0.15, 0.2) is 0 Å². The number of nitrogens with one attached hydrogen (secondary N) is 1. The number of hydrogen-bond acceptors (Lipinski definition) is 2. The Morgan fingerprint density at radius 3 is 2.32 bits per heavy atom. The molecular formula is C15H21NO2S. The van der Waals surface area contributed by atoms with E-state index in [1.165, 1.54) is 0 Å². The zero-order valence-corrected chi connectivity index (χ0v) is 13.0. The van der Waals surface area contributed by atoms with Crippen LogP contribution in [0.2, 0.25) is 0 Å². The molecule has 0 aromatic heterocycles. The average Bonchev–Trinajstić information content (AvgIpc) is 2.35. The van der Waals surface area contributed by atoms with Gasteiger partial charge in [-0.05, 0) is 56.9 Å². The van der Waals surface area contributed by atoms with Crippen molar-refractivity contribution in [3.05, 3.63) is 28.8 Å². The van der Waals surface area contributed by atoms with E-state index in [1.54, 1.807) is 13.0 Å². The van der Waals surface area contributed by atoms with Crippen molar-refractivity contribution in [1.29, 1.82) is 0 Å². The van der Waals surface area contributed by atoms with Crippen LogP contribution in [0.25, 0.3) is 0 Å². The molecule has 0 fully saturated rings. The number of benzene rings is 1. The largest absolute Gasteiger partial charge is 0.242 e. The van der Waals surface area contributed by atoms with Crippen molar-refractivity contribution in [2.45, 2.75) is 51.5 Å². The van der Waals surface area contributed by atoms with Crippen LogP contribution in [0.3, 0.4) is 0 Å². The molecule has 1 aromatic rings. The van der Waals surface area contributed by atoms with Crippen molar-refractivity contribution < 1.29 is 8.42 Å². The summed E-state index contributed by atoms with van der Waals surface area (Å²) in [6.45, 7) is 9.26. The molecule has 0 aliphatic heterocycles. The molecule has 0 bridgehead atoms. The Morgan fingerprint density at radius 2 is 1.84 bits per heavy atom. The van der Waals surface area contributed by atoms with Gasteiger partial charge in [-0.3, -0.25) is 0 Å². The van der Waals surface area contributed by atoms with Gasteiger partial charge in [-0.15, -0.1) is 6.42 Å². The standard InChI is InChI=1S/C15H21NO2S/c1-7-15(6,8-2)16-19(17,18)14-10-9-11(3)12(4)13(14)5/h1,9-10,16H,8H2,2-6H3/t15-/m1/s1. The van der Waals surface area contributed by atoms with Crippen molar-refractivity contribution in [3.63, 3.8) is 0 Å². The van der Waals surface area contributed by atoms with Gasteiger partial charge in [0, 0.05) is 0 Å². The van der Waals surface area contributed by atoms with E-state index in [0.717, 1.165) is 16.7 Å². The Labute approximate surface area is 116 Å². The first kappa shape index (κ1) is 15.7. The maximum absolute atomic E-state index is 12.4. The van der Waals surface area contributed by atoms with Crippen molar-refractivity contribution in [3.8, 4) is 12.3 Å². The molecular weight excluding hydrogens is 258 g/mol. The topological polar surface area (TPSA) is 46.2 Å². The third-order valence-electron chi connectivity index (χ3n) is 3.68. The predicted octanol–water partition coefficient (Wildman–Crippen LogP) is 2.69. The van der Waals surface area contributed by atoms with E-state index in [-0.39, 0.29) is 0 Å². The zero-order chi connectivity index (χ0) is 14.8. The Hall–Kier alpha value is -1.31. The molecule has 104 valence electrons. The van der Waals surface area contributed by atoms with Crippen molar-refractivity contribution in [2.24, 2.45) is 0 Å². The highest BCUT2D eigenvalue weighted by Gasteiger charge is 2.28. The van der Waals surface area contributed by atoms with Gasteiger partial charge in [-0.25, -0.2) is 8.42 Å². The molecule has 1 aromatic carbocycles. The van der Waals surface area contributed by atoms with Gasteiger partial charge in [0.1, 0.15) is 0 Å². The second-order valence-corrected chi connectivity index (χ2v) is 6.72. The minimum absolute atomic E-state index is 0.297. The Balaban J connectivity index is 3.31. The van der Waals surface area contributed by atoms with Crippen LogP contribution in [-0.4, -0.2) is 14.0 Å². The quantitative estimate of drug-likeness (QED) is 0.861. The maximum atomic E-state index is 12.4. The molecule has 1 N–H and O–H groups in total. The maximum Gasteiger partial charge on any atom is 0.242 e. The lowest BCUT2D eigenvalue weighted by atomic mass is 10.0. The van der Waals surface area contributed by atoms with E-state index >= 15 is 0 Å². The predicted molar refractivity (Wildman–Crippen MR) is 78.5 cm³/mol.